The van der Waals surface area contributed by atoms with Crippen LogP contribution < -0.4 is 5.32 Å². The molecule has 1 N–H and O–H groups in total. The molecular formula is C9H12NS+. The Hall–Kier alpha value is -0.630. The van der Waals surface area contributed by atoms with Crippen LogP contribution in [0.2, 0.25) is 0 Å². The number of fused-ring (bicyclic) bond motifs is 1. The fraction of sp³-hybridized carbons (Fsp3) is 0.333. The van der Waals surface area contributed by atoms with Gasteiger partial charge in [0, 0.05) is 0 Å². The van der Waals surface area contributed by atoms with E-state index < -0.39 is 0 Å². The van der Waals surface area contributed by atoms with Crippen LogP contribution in [0.3, 0.4) is 0 Å². The van der Waals surface area contributed by atoms with Crippen LogP contribution in [-0.4, -0.2) is 12.3 Å². The quantitative estimate of drug-likeness (QED) is 0.538. The molecule has 0 aromatic carbocycles. The fourth-order valence-corrected chi connectivity index (χ4v) is 2.95. The summed E-state index contributed by atoms with van der Waals surface area (Å²) in [5.74, 6) is 0. The molecule has 0 aromatic heterocycles. The first-order chi connectivity index (χ1) is 5.29. The molecule has 2 aliphatic rings. The van der Waals surface area contributed by atoms with Crippen LogP contribution in [-0.2, 0) is 10.9 Å². The number of hydrogen-bond acceptors (Lipinski definition) is 1. The van der Waals surface area contributed by atoms with E-state index in [1.807, 2.05) is 0 Å². The van der Waals surface area contributed by atoms with Crippen molar-refractivity contribution >= 4 is 10.9 Å². The van der Waals surface area contributed by atoms with Crippen LogP contribution in [0.1, 0.15) is 6.42 Å². The molecule has 2 heteroatoms. The zero-order valence-electron chi connectivity index (χ0n) is 6.63. The minimum Gasteiger partial charge on any atom is -0.335 e. The van der Waals surface area contributed by atoms with Gasteiger partial charge in [-0.3, -0.25) is 0 Å². The van der Waals surface area contributed by atoms with Crippen molar-refractivity contribution in [2.75, 3.05) is 6.26 Å². The van der Waals surface area contributed by atoms with Crippen molar-refractivity contribution in [1.29, 1.82) is 0 Å². The molecule has 2 unspecified atom stereocenters. The van der Waals surface area contributed by atoms with Crippen molar-refractivity contribution in [1.82, 2.24) is 5.32 Å². The second-order valence-corrected chi connectivity index (χ2v) is 4.85. The van der Waals surface area contributed by atoms with Gasteiger partial charge >= 0.3 is 0 Å². The molecule has 2 rings (SSSR count). The summed E-state index contributed by atoms with van der Waals surface area (Å²) in [6.07, 6.45) is 9.94. The lowest BCUT2D eigenvalue weighted by Crippen LogP contribution is -2.21. The summed E-state index contributed by atoms with van der Waals surface area (Å²) >= 11 is 0. The van der Waals surface area contributed by atoms with Gasteiger partial charge in [0.1, 0.15) is 12.3 Å². The molecule has 11 heavy (non-hydrogen) atoms. The van der Waals surface area contributed by atoms with Crippen molar-refractivity contribution in [3.63, 3.8) is 0 Å². The van der Waals surface area contributed by atoms with Gasteiger partial charge in [-0.2, -0.15) is 0 Å². The zero-order valence-corrected chi connectivity index (χ0v) is 7.45. The molecule has 0 radical (unpaired) electrons. The van der Waals surface area contributed by atoms with Crippen molar-refractivity contribution in [2.45, 2.75) is 12.5 Å². The van der Waals surface area contributed by atoms with Gasteiger partial charge in [0.2, 0.25) is 5.03 Å². The van der Waals surface area contributed by atoms with Gasteiger partial charge in [0.15, 0.2) is 4.91 Å². The Labute approximate surface area is 70.2 Å². The first-order valence-electron chi connectivity index (χ1n) is 3.77. The lowest BCUT2D eigenvalue weighted by atomic mass is 10.1. The van der Waals surface area contributed by atoms with E-state index in [2.05, 4.69) is 36.4 Å². The zero-order chi connectivity index (χ0) is 7.84. The summed E-state index contributed by atoms with van der Waals surface area (Å²) in [5, 5.41) is 4.60. The highest BCUT2D eigenvalue weighted by Gasteiger charge is 2.39. The van der Waals surface area contributed by atoms with Gasteiger partial charge in [-0.05, 0) is 19.1 Å². The Balaban J connectivity index is 2.32. The molecule has 0 aromatic rings. The van der Waals surface area contributed by atoms with Crippen LogP contribution >= 0.6 is 0 Å². The molecule has 58 valence electrons. The van der Waals surface area contributed by atoms with E-state index >= 15 is 0 Å². The van der Waals surface area contributed by atoms with Gasteiger partial charge in [-0.1, -0.05) is 12.2 Å². The van der Waals surface area contributed by atoms with Crippen LogP contribution in [0.25, 0.3) is 0 Å². The predicted octanol–water partition coefficient (Wildman–Crippen LogP) is 1.52. The predicted molar refractivity (Wildman–Crippen MR) is 51.2 cm³/mol. The van der Waals surface area contributed by atoms with Crippen LogP contribution in [0.5, 0.6) is 0 Å². The minimum absolute atomic E-state index is 0.270. The number of allylic oxidation sites excluding steroid dienone is 2. The molecule has 1 saturated heterocycles. The average molecular weight is 166 g/mol. The Morgan fingerprint density at radius 1 is 1.73 bits per heavy atom. The molecule has 1 nitrogen and oxygen atoms in total. The topological polar surface area (TPSA) is 12.0 Å². The second-order valence-electron chi connectivity index (χ2n) is 2.86. The highest BCUT2D eigenvalue weighted by molar-refractivity contribution is 8.03. The SMILES string of the molecule is C=C1NC2CC=CC=C2[S+]1C. The maximum atomic E-state index is 3.99. The lowest BCUT2D eigenvalue weighted by Gasteiger charge is -2.06. The largest absolute Gasteiger partial charge is 0.335 e. The van der Waals surface area contributed by atoms with Gasteiger partial charge in [0.05, 0.1) is 10.9 Å². The third kappa shape index (κ3) is 1.02. The summed E-state index contributed by atoms with van der Waals surface area (Å²) in [7, 11) is 0.270. The van der Waals surface area contributed by atoms with Crippen molar-refractivity contribution in [3.8, 4) is 0 Å². The molecule has 1 heterocycles. The fourth-order valence-electron chi connectivity index (χ4n) is 1.48. The minimum atomic E-state index is 0.270. The van der Waals surface area contributed by atoms with Crippen molar-refractivity contribution in [2.24, 2.45) is 0 Å². The van der Waals surface area contributed by atoms with E-state index in [4.69, 9.17) is 0 Å². The van der Waals surface area contributed by atoms with E-state index in [-0.39, 0.29) is 10.9 Å². The van der Waals surface area contributed by atoms with Crippen LogP contribution in [0, 0.1) is 0 Å². The summed E-state index contributed by atoms with van der Waals surface area (Å²) in [6.45, 7) is 3.99. The first-order valence-corrected chi connectivity index (χ1v) is 5.40. The van der Waals surface area contributed by atoms with Crippen molar-refractivity contribution in [3.05, 3.63) is 34.7 Å². The van der Waals surface area contributed by atoms with Gasteiger partial charge in [0.25, 0.3) is 0 Å². The lowest BCUT2D eigenvalue weighted by molar-refractivity contribution is 0.706. The Morgan fingerprint density at radius 3 is 3.27 bits per heavy atom. The van der Waals surface area contributed by atoms with Crippen LogP contribution in [0.4, 0.5) is 0 Å². The highest BCUT2D eigenvalue weighted by Crippen LogP contribution is 2.30. The molecule has 1 fully saturated rings. The summed E-state index contributed by atoms with van der Waals surface area (Å²) in [6, 6.07) is 0.556. The third-order valence-electron chi connectivity index (χ3n) is 2.17. The second kappa shape index (κ2) is 2.45. The van der Waals surface area contributed by atoms with Gasteiger partial charge in [-0.15, -0.1) is 0 Å². The van der Waals surface area contributed by atoms with Crippen LogP contribution in [0.15, 0.2) is 34.7 Å². The maximum Gasteiger partial charge on any atom is 0.219 e. The molecule has 1 aliphatic carbocycles. The van der Waals surface area contributed by atoms with E-state index in [0.29, 0.717) is 6.04 Å². The molecule has 0 spiro atoms. The summed E-state index contributed by atoms with van der Waals surface area (Å²) < 4.78 is 0. The van der Waals surface area contributed by atoms with Gasteiger partial charge < -0.3 is 5.32 Å². The molecule has 2 atom stereocenters. The van der Waals surface area contributed by atoms with E-state index in [1.165, 1.54) is 9.93 Å². The summed E-state index contributed by atoms with van der Waals surface area (Å²) in [5.41, 5.74) is 0. The Morgan fingerprint density at radius 2 is 2.55 bits per heavy atom. The average Bonchev–Trinajstić information content (AvgIpc) is 2.30. The normalized spacial score (nSPS) is 34.6. The number of nitrogens with one attached hydrogen (secondary N) is 1. The molecular weight excluding hydrogens is 154 g/mol. The number of hydrogen-bond donors (Lipinski definition) is 1. The third-order valence-corrected chi connectivity index (χ3v) is 4.15. The standard InChI is InChI=1S/C9H12NS/c1-7-10-8-5-3-4-6-9(8)11(7)2/h3-4,6,8,10H,1,5H2,2H3/q+1. The Kier molecular flexibility index (Phi) is 1.57. The highest BCUT2D eigenvalue weighted by atomic mass is 32.2. The van der Waals surface area contributed by atoms with Gasteiger partial charge in [-0.25, -0.2) is 0 Å². The monoisotopic (exact) mass is 166 g/mol. The number of rotatable bonds is 0. The molecule has 0 bridgehead atoms. The van der Waals surface area contributed by atoms with E-state index in [9.17, 15) is 0 Å². The molecule has 0 amide bonds. The smallest absolute Gasteiger partial charge is 0.219 e. The first kappa shape index (κ1) is 7.04. The Bertz CT molecular complexity index is 252. The summed E-state index contributed by atoms with van der Waals surface area (Å²) in [4.78, 5) is 1.53. The maximum absolute atomic E-state index is 3.99. The molecule has 0 saturated carbocycles. The van der Waals surface area contributed by atoms with Crippen molar-refractivity contribution < 1.29 is 0 Å². The van der Waals surface area contributed by atoms with E-state index in [1.54, 1.807) is 0 Å². The van der Waals surface area contributed by atoms with E-state index in [0.717, 1.165) is 6.42 Å². The molecule has 1 aliphatic heterocycles.